The summed E-state index contributed by atoms with van der Waals surface area (Å²) in [5.74, 6) is 1.08. The van der Waals surface area contributed by atoms with Crippen LogP contribution in [0.2, 0.25) is 0 Å². The van der Waals surface area contributed by atoms with Gasteiger partial charge in [0.2, 0.25) is 5.91 Å². The first-order valence-electron chi connectivity index (χ1n) is 12.1. The first kappa shape index (κ1) is 21.7. The number of ether oxygens (including phenoxy) is 1. The summed E-state index contributed by atoms with van der Waals surface area (Å²) >= 11 is 1.61. The highest BCUT2D eigenvalue weighted by Crippen LogP contribution is 2.60. The number of carbonyl (C=O) groups is 3. The summed E-state index contributed by atoms with van der Waals surface area (Å²) in [6.45, 7) is -0.573. The summed E-state index contributed by atoms with van der Waals surface area (Å²) < 4.78 is 5.30. The fraction of sp³-hybridized carbons (Fsp3) is 0.444. The van der Waals surface area contributed by atoms with E-state index in [-0.39, 0.29) is 30.4 Å². The van der Waals surface area contributed by atoms with E-state index in [9.17, 15) is 14.4 Å². The van der Waals surface area contributed by atoms with Crippen molar-refractivity contribution >= 4 is 40.9 Å². The van der Waals surface area contributed by atoms with Gasteiger partial charge >= 0.3 is 5.97 Å². The van der Waals surface area contributed by atoms with Gasteiger partial charge in [-0.15, -0.1) is 0 Å². The van der Waals surface area contributed by atoms with Gasteiger partial charge in [-0.2, -0.15) is 0 Å². The molecule has 1 heterocycles. The van der Waals surface area contributed by atoms with E-state index in [1.807, 2.05) is 48.5 Å². The molecular weight excluding hydrogens is 448 g/mol. The van der Waals surface area contributed by atoms with Crippen molar-refractivity contribution in [2.45, 2.75) is 48.3 Å². The molecule has 0 spiro atoms. The highest BCUT2D eigenvalue weighted by molar-refractivity contribution is 7.99. The summed E-state index contributed by atoms with van der Waals surface area (Å²) in [6.07, 6.45) is 6.63. The number of hydrogen-bond acceptors (Lipinski definition) is 5. The van der Waals surface area contributed by atoms with E-state index < -0.39 is 5.97 Å². The van der Waals surface area contributed by atoms with Gasteiger partial charge in [-0.25, -0.2) is 0 Å². The fourth-order valence-electron chi connectivity index (χ4n) is 6.96. The molecule has 4 aliphatic carbocycles. The zero-order valence-corrected chi connectivity index (χ0v) is 19.8. The Morgan fingerprint density at radius 1 is 0.882 bits per heavy atom. The van der Waals surface area contributed by atoms with Crippen LogP contribution in [-0.4, -0.2) is 30.9 Å². The number of fused-ring (bicyclic) bond motifs is 2. The highest BCUT2D eigenvalue weighted by Gasteiger charge is 2.54. The lowest BCUT2D eigenvalue weighted by Crippen LogP contribution is -2.54. The number of nitrogens with one attached hydrogen (secondary N) is 1. The number of esters is 1. The predicted octanol–water partition coefficient (Wildman–Crippen LogP) is 4.69. The number of rotatable bonds is 5. The maximum atomic E-state index is 13.1. The maximum absolute atomic E-state index is 13.1. The standard InChI is InChI=1S/C27H28N2O4S/c30-24(29-20-5-1-3-7-22(20)34-23-8-4-2-6-21(23)29)16-33-25(31)15-28-26(32)27-12-17-9-18(13-27)11-19(10-17)14-27/h1-8,17-19H,9-16H2,(H,28,32). The topological polar surface area (TPSA) is 75.7 Å². The fourth-order valence-corrected chi connectivity index (χ4v) is 8.02. The normalized spacial score (nSPS) is 28.1. The smallest absolute Gasteiger partial charge is 0.325 e. The molecule has 0 unspecified atom stereocenters. The van der Waals surface area contributed by atoms with Crippen molar-refractivity contribution in [3.05, 3.63) is 48.5 Å². The van der Waals surface area contributed by atoms with Gasteiger partial charge in [0, 0.05) is 15.2 Å². The Kier molecular flexibility index (Phi) is 5.40. The highest BCUT2D eigenvalue weighted by atomic mass is 32.2. The second kappa shape index (κ2) is 8.45. The molecule has 4 fully saturated rings. The van der Waals surface area contributed by atoms with Crippen molar-refractivity contribution in [1.82, 2.24) is 5.32 Å². The van der Waals surface area contributed by atoms with Crippen LogP contribution in [0.25, 0.3) is 0 Å². The largest absolute Gasteiger partial charge is 0.454 e. The molecule has 2 aromatic rings. The Morgan fingerprint density at radius 3 is 1.97 bits per heavy atom. The van der Waals surface area contributed by atoms with Crippen LogP contribution in [0.15, 0.2) is 58.3 Å². The molecule has 0 atom stereocenters. The van der Waals surface area contributed by atoms with Crippen molar-refractivity contribution in [3.63, 3.8) is 0 Å². The molecule has 4 saturated carbocycles. The van der Waals surface area contributed by atoms with Gasteiger partial charge in [-0.1, -0.05) is 36.0 Å². The molecule has 2 aromatic carbocycles. The first-order valence-corrected chi connectivity index (χ1v) is 13.0. The van der Waals surface area contributed by atoms with Crippen molar-refractivity contribution in [2.75, 3.05) is 18.1 Å². The number of amides is 2. The molecule has 5 aliphatic rings. The minimum absolute atomic E-state index is 0.00853. The van der Waals surface area contributed by atoms with E-state index in [2.05, 4.69) is 5.32 Å². The van der Waals surface area contributed by atoms with Crippen molar-refractivity contribution in [3.8, 4) is 0 Å². The Balaban J connectivity index is 1.08. The molecule has 7 heteroatoms. The van der Waals surface area contributed by atoms with Crippen LogP contribution in [-0.2, 0) is 19.1 Å². The molecule has 7 rings (SSSR count). The number of nitrogens with zero attached hydrogens (tertiary/aromatic N) is 1. The minimum atomic E-state index is -0.584. The van der Waals surface area contributed by atoms with Gasteiger partial charge in [0.1, 0.15) is 6.54 Å². The van der Waals surface area contributed by atoms with Gasteiger partial charge in [0.05, 0.1) is 11.4 Å². The van der Waals surface area contributed by atoms with E-state index in [4.69, 9.17) is 4.74 Å². The zero-order chi connectivity index (χ0) is 23.3. The number of anilines is 2. The number of hydrogen-bond donors (Lipinski definition) is 1. The van der Waals surface area contributed by atoms with Gasteiger partial charge in [-0.05, 0) is 80.5 Å². The van der Waals surface area contributed by atoms with Crippen LogP contribution in [0.5, 0.6) is 0 Å². The molecule has 34 heavy (non-hydrogen) atoms. The third-order valence-corrected chi connectivity index (χ3v) is 9.08. The van der Waals surface area contributed by atoms with Crippen LogP contribution in [0.3, 0.4) is 0 Å². The molecule has 1 aliphatic heterocycles. The Bertz CT molecular complexity index is 1080. The lowest BCUT2D eigenvalue weighted by molar-refractivity contribution is -0.152. The first-order chi connectivity index (χ1) is 16.5. The average Bonchev–Trinajstić information content (AvgIpc) is 2.83. The summed E-state index contributed by atoms with van der Waals surface area (Å²) in [5.41, 5.74) is 1.26. The third kappa shape index (κ3) is 3.80. The summed E-state index contributed by atoms with van der Waals surface area (Å²) in [4.78, 5) is 42.2. The van der Waals surface area contributed by atoms with Crippen molar-refractivity contribution in [1.29, 1.82) is 0 Å². The molecule has 0 radical (unpaired) electrons. The van der Waals surface area contributed by atoms with Crippen LogP contribution >= 0.6 is 11.8 Å². The molecule has 4 bridgehead atoms. The van der Waals surface area contributed by atoms with Gasteiger partial charge in [-0.3, -0.25) is 19.3 Å². The quantitative estimate of drug-likeness (QED) is 0.634. The summed E-state index contributed by atoms with van der Waals surface area (Å²) in [6, 6.07) is 15.4. The molecular formula is C27H28N2O4S. The Hall–Kier alpha value is -2.80. The van der Waals surface area contributed by atoms with Crippen LogP contribution in [0, 0.1) is 23.2 Å². The number of carbonyl (C=O) groups excluding carboxylic acids is 3. The second-order valence-electron chi connectivity index (χ2n) is 10.3. The van der Waals surface area contributed by atoms with Crippen molar-refractivity contribution in [2.24, 2.45) is 23.2 Å². The number of benzene rings is 2. The summed E-state index contributed by atoms with van der Waals surface area (Å²) in [5, 5.41) is 2.83. The molecule has 0 saturated heterocycles. The van der Waals surface area contributed by atoms with Crippen LogP contribution < -0.4 is 10.2 Å². The predicted molar refractivity (Wildman–Crippen MR) is 129 cm³/mol. The van der Waals surface area contributed by atoms with Gasteiger partial charge in [0.15, 0.2) is 6.61 Å². The molecule has 176 valence electrons. The van der Waals surface area contributed by atoms with Gasteiger partial charge in [0.25, 0.3) is 5.91 Å². The third-order valence-electron chi connectivity index (χ3n) is 7.95. The summed E-state index contributed by atoms with van der Waals surface area (Å²) in [7, 11) is 0. The Morgan fingerprint density at radius 2 is 1.41 bits per heavy atom. The number of para-hydroxylation sites is 2. The van der Waals surface area contributed by atoms with E-state index in [0.717, 1.165) is 40.4 Å². The van der Waals surface area contributed by atoms with E-state index in [0.29, 0.717) is 17.8 Å². The zero-order valence-electron chi connectivity index (χ0n) is 19.0. The maximum Gasteiger partial charge on any atom is 0.325 e. The lowest BCUT2D eigenvalue weighted by Gasteiger charge is -2.55. The van der Waals surface area contributed by atoms with Crippen LogP contribution in [0.1, 0.15) is 38.5 Å². The van der Waals surface area contributed by atoms with Crippen molar-refractivity contribution < 1.29 is 19.1 Å². The SMILES string of the molecule is O=C(CNC(=O)C12CC3CC(CC(C3)C1)C2)OCC(=O)N1c2ccccc2Sc2ccccc21. The van der Waals surface area contributed by atoms with Crippen LogP contribution in [0.4, 0.5) is 11.4 Å². The van der Waals surface area contributed by atoms with E-state index in [1.54, 1.807) is 16.7 Å². The average molecular weight is 477 g/mol. The molecule has 6 nitrogen and oxygen atoms in total. The second-order valence-corrected chi connectivity index (χ2v) is 11.4. The molecule has 1 N–H and O–H groups in total. The van der Waals surface area contributed by atoms with Gasteiger partial charge < -0.3 is 10.1 Å². The van der Waals surface area contributed by atoms with E-state index in [1.165, 1.54) is 19.3 Å². The lowest BCUT2D eigenvalue weighted by atomic mass is 9.49. The molecule has 0 aromatic heterocycles. The minimum Gasteiger partial charge on any atom is -0.454 e. The Labute approximate surface area is 203 Å². The van der Waals surface area contributed by atoms with E-state index >= 15 is 0 Å². The monoisotopic (exact) mass is 476 g/mol. The molecule has 2 amide bonds.